The number of hydrogen-bond acceptors (Lipinski definition) is 4. The van der Waals surface area contributed by atoms with Gasteiger partial charge in [0.1, 0.15) is 11.4 Å². The van der Waals surface area contributed by atoms with Gasteiger partial charge in [0.05, 0.1) is 15.4 Å². The third-order valence-corrected chi connectivity index (χ3v) is 3.76. The number of halogens is 1. The first-order valence-electron chi connectivity index (χ1n) is 7.98. The van der Waals surface area contributed by atoms with Crippen LogP contribution in [0.4, 0.5) is 22.7 Å². The highest BCUT2D eigenvalue weighted by molar-refractivity contribution is 6.04. The molecule has 8 nitrogen and oxygen atoms in total. The molecule has 0 amide bonds. The fourth-order valence-corrected chi connectivity index (χ4v) is 2.40. The third kappa shape index (κ3) is 5.12. The van der Waals surface area contributed by atoms with Gasteiger partial charge in [-0.25, -0.2) is 10.3 Å². The Bertz CT molecular complexity index is 991. The molecule has 0 aliphatic rings. The van der Waals surface area contributed by atoms with Crippen LogP contribution in [0.15, 0.2) is 78.9 Å². The number of nitro groups is 2. The highest BCUT2D eigenvalue weighted by atomic mass is 35.5. The lowest BCUT2D eigenvalue weighted by atomic mass is 10.2. The van der Waals surface area contributed by atoms with Crippen LogP contribution in [0.2, 0.25) is 0 Å². The summed E-state index contributed by atoms with van der Waals surface area (Å²) in [6, 6.07) is 21.5. The highest BCUT2D eigenvalue weighted by Gasteiger charge is 2.14. The Morgan fingerprint density at radius 3 is 1.75 bits per heavy atom. The molecule has 0 atom stereocenters. The van der Waals surface area contributed by atoms with E-state index in [2.05, 4.69) is 10.3 Å². The molecule has 28 heavy (non-hydrogen) atoms. The van der Waals surface area contributed by atoms with E-state index in [0.29, 0.717) is 17.2 Å². The van der Waals surface area contributed by atoms with Crippen LogP contribution in [0.5, 0.6) is 0 Å². The highest BCUT2D eigenvalue weighted by Crippen LogP contribution is 2.16. The fourth-order valence-electron chi connectivity index (χ4n) is 2.40. The van der Waals surface area contributed by atoms with Crippen LogP contribution in [0, 0.1) is 20.2 Å². The van der Waals surface area contributed by atoms with Crippen molar-refractivity contribution < 1.29 is 27.2 Å². The van der Waals surface area contributed by atoms with Gasteiger partial charge in [0, 0.05) is 24.3 Å². The van der Waals surface area contributed by atoms with Crippen LogP contribution >= 0.6 is 0 Å². The molecule has 0 aliphatic heterocycles. The molecule has 0 fully saturated rings. The van der Waals surface area contributed by atoms with Crippen molar-refractivity contribution in [1.29, 1.82) is 0 Å². The van der Waals surface area contributed by atoms with Gasteiger partial charge in [-0.1, -0.05) is 18.2 Å². The van der Waals surface area contributed by atoms with Gasteiger partial charge in [0.25, 0.3) is 17.2 Å². The van der Waals surface area contributed by atoms with Crippen molar-refractivity contribution in [2.45, 2.75) is 0 Å². The minimum absolute atomic E-state index is 0. The van der Waals surface area contributed by atoms with Crippen molar-refractivity contribution in [3.05, 3.63) is 105 Å². The molecule has 0 radical (unpaired) electrons. The van der Waals surface area contributed by atoms with Crippen molar-refractivity contribution in [2.75, 3.05) is 5.32 Å². The summed E-state index contributed by atoms with van der Waals surface area (Å²) in [4.78, 5) is 23.9. The summed E-state index contributed by atoms with van der Waals surface area (Å²) in [7, 11) is 0. The van der Waals surface area contributed by atoms with Crippen LogP contribution in [-0.4, -0.2) is 15.7 Å². The van der Waals surface area contributed by atoms with Gasteiger partial charge in [0.15, 0.2) is 0 Å². The number of hydrogen-bond donors (Lipinski definition) is 2. The molecular weight excluding hydrogens is 384 g/mol. The molecule has 0 unspecified atom stereocenters. The van der Waals surface area contributed by atoms with Crippen LogP contribution in [0.25, 0.3) is 0 Å². The van der Waals surface area contributed by atoms with Crippen LogP contribution in [0.1, 0.15) is 5.56 Å². The van der Waals surface area contributed by atoms with E-state index >= 15 is 0 Å². The number of anilines is 1. The van der Waals surface area contributed by atoms with Crippen molar-refractivity contribution in [2.24, 2.45) is 0 Å². The largest absolute Gasteiger partial charge is 1.00 e. The van der Waals surface area contributed by atoms with Crippen molar-refractivity contribution in [3.63, 3.8) is 0 Å². The number of nitrogens with one attached hydrogen (secondary N) is 2. The molecule has 0 saturated heterocycles. The number of benzene rings is 3. The second-order valence-electron chi connectivity index (χ2n) is 5.60. The molecule has 0 bridgehead atoms. The topological polar surface area (TPSA) is 112 Å². The summed E-state index contributed by atoms with van der Waals surface area (Å²) in [6.45, 7) is 0. The fraction of sp³-hybridized carbons (Fsp3) is 0. The van der Waals surface area contributed by atoms with E-state index in [1.807, 2.05) is 30.3 Å². The van der Waals surface area contributed by atoms with E-state index in [4.69, 9.17) is 0 Å². The van der Waals surface area contributed by atoms with Gasteiger partial charge in [-0.2, -0.15) is 0 Å². The average Bonchev–Trinajstić information content (AvgIpc) is 2.69. The summed E-state index contributed by atoms with van der Waals surface area (Å²) < 4.78 is 0. The van der Waals surface area contributed by atoms with Gasteiger partial charge < -0.3 is 12.4 Å². The molecular formula is C19H15ClN4O4. The number of nitrogens with zero attached hydrogens (tertiary/aromatic N) is 2. The molecule has 0 saturated carbocycles. The lowest BCUT2D eigenvalue weighted by Gasteiger charge is -2.04. The summed E-state index contributed by atoms with van der Waals surface area (Å²) in [6.07, 6.45) is 0. The number of amidine groups is 1. The van der Waals surface area contributed by atoms with Crippen molar-refractivity contribution in [1.82, 2.24) is 0 Å². The van der Waals surface area contributed by atoms with E-state index in [0.717, 1.165) is 5.56 Å². The van der Waals surface area contributed by atoms with Gasteiger partial charge >= 0.3 is 0 Å². The zero-order valence-electron chi connectivity index (χ0n) is 14.4. The second-order valence-corrected chi connectivity index (χ2v) is 5.60. The smallest absolute Gasteiger partial charge is 0.285 e. The second kappa shape index (κ2) is 9.24. The lowest BCUT2D eigenvalue weighted by molar-refractivity contribution is -0.385. The van der Waals surface area contributed by atoms with Crippen molar-refractivity contribution >= 4 is 28.6 Å². The maximum Gasteiger partial charge on any atom is 0.285 e. The molecule has 0 spiro atoms. The molecule has 142 valence electrons. The average molecular weight is 399 g/mol. The Morgan fingerprint density at radius 1 is 0.750 bits per heavy atom. The summed E-state index contributed by atoms with van der Waals surface area (Å²) >= 11 is 0. The quantitative estimate of drug-likeness (QED) is 0.267. The van der Waals surface area contributed by atoms with Crippen LogP contribution in [-0.2, 0) is 0 Å². The standard InChI is InChI=1S/C19H14N4O4.ClH/c24-22(25)17-10-6-15(7-11-17)20-19(14-4-2-1-3-5-14)21-16-8-12-18(13-9-16)23(26)27;/h1-13H,(H,20,21);1H. The van der Waals surface area contributed by atoms with E-state index in [1.165, 1.54) is 24.3 Å². The first kappa shape index (κ1) is 20.5. The van der Waals surface area contributed by atoms with E-state index in [-0.39, 0.29) is 23.8 Å². The van der Waals surface area contributed by atoms with Crippen LogP contribution in [0.3, 0.4) is 0 Å². The predicted molar refractivity (Wildman–Crippen MR) is 101 cm³/mol. The number of nitro benzene ring substituents is 2. The van der Waals surface area contributed by atoms with E-state index < -0.39 is 9.85 Å². The zero-order valence-corrected chi connectivity index (χ0v) is 15.2. The first-order chi connectivity index (χ1) is 13.0. The Balaban J connectivity index is 0.00000280. The maximum atomic E-state index is 10.8. The first-order valence-corrected chi connectivity index (χ1v) is 7.98. The van der Waals surface area contributed by atoms with Gasteiger partial charge in [-0.15, -0.1) is 0 Å². The number of rotatable bonds is 5. The molecule has 0 aromatic heterocycles. The Kier molecular flexibility index (Phi) is 6.78. The van der Waals surface area contributed by atoms with E-state index in [9.17, 15) is 20.2 Å². The molecule has 0 aliphatic carbocycles. The Hall–Kier alpha value is -3.78. The Morgan fingerprint density at radius 2 is 1.25 bits per heavy atom. The van der Waals surface area contributed by atoms with E-state index in [1.54, 1.807) is 24.3 Å². The molecule has 3 rings (SSSR count). The molecule has 3 aromatic carbocycles. The Labute approximate surface area is 166 Å². The monoisotopic (exact) mass is 398 g/mol. The molecule has 2 N–H and O–H groups in total. The zero-order chi connectivity index (χ0) is 19.2. The lowest BCUT2D eigenvalue weighted by Crippen LogP contribution is -3.00. The van der Waals surface area contributed by atoms with Gasteiger partial charge in [-0.05, 0) is 36.4 Å². The van der Waals surface area contributed by atoms with Gasteiger partial charge in [0.2, 0.25) is 0 Å². The maximum absolute atomic E-state index is 10.8. The molecule has 3 aromatic rings. The summed E-state index contributed by atoms with van der Waals surface area (Å²) in [5.41, 5.74) is 2.19. The third-order valence-electron chi connectivity index (χ3n) is 3.76. The van der Waals surface area contributed by atoms with Gasteiger partial charge in [-0.3, -0.25) is 20.2 Å². The number of non-ortho nitro benzene ring substituents is 2. The molecule has 9 heteroatoms. The SMILES string of the molecule is O=[N+]([O-])c1ccc(NC(=[NH+]c2ccc([N+](=O)[O-])cc2)c2ccccc2)cc1.[Cl-]. The van der Waals surface area contributed by atoms with Crippen LogP contribution < -0.4 is 22.7 Å². The molecule has 0 heterocycles. The summed E-state index contributed by atoms with van der Waals surface area (Å²) in [5, 5.41) is 24.8. The summed E-state index contributed by atoms with van der Waals surface area (Å²) in [5.74, 6) is 0.637. The predicted octanol–water partition coefficient (Wildman–Crippen LogP) is -0.222. The minimum atomic E-state index is -0.458. The van der Waals surface area contributed by atoms with Crippen molar-refractivity contribution in [3.8, 4) is 0 Å². The normalized spacial score (nSPS) is 10.6. The minimum Gasteiger partial charge on any atom is -1.00 e.